The first-order valence-corrected chi connectivity index (χ1v) is 0. The standard InChI is InChI=1S/Ce.Ni.4O.Sm/q+3;+2;4*-2;+3. The number of hydrogen-bond acceptors (Lipinski definition) is 0. The van der Waals surface area contributed by atoms with Gasteiger partial charge in [0, 0.05) is 0 Å². The summed E-state index contributed by atoms with van der Waals surface area (Å²) in [5.74, 6) is 0. The third-order valence-electron chi connectivity index (χ3n) is 0. The summed E-state index contributed by atoms with van der Waals surface area (Å²) < 4.78 is 0. The zero-order valence-electron chi connectivity index (χ0n) is 2.86. The van der Waals surface area contributed by atoms with E-state index in [4.69, 9.17) is 0 Å². The fraction of sp³-hybridized carbons (Fsp3) is 0. The van der Waals surface area contributed by atoms with Crippen LogP contribution >= 0.6 is 0 Å². The minimum Gasteiger partial charge on any atom is -2.00 e. The van der Waals surface area contributed by atoms with E-state index in [1.807, 2.05) is 0 Å². The second-order valence-electron chi connectivity index (χ2n) is 0. The van der Waals surface area contributed by atoms with Crippen molar-refractivity contribution >= 4 is 0 Å². The molecule has 44 valence electrons. The average Bonchev–Trinajstić information content (AvgIpc) is 0. The Balaban J connectivity index is 0. The van der Waals surface area contributed by atoms with Gasteiger partial charge in [-0.1, -0.05) is 0 Å². The van der Waals surface area contributed by atoms with Crippen molar-refractivity contribution in [1.82, 2.24) is 0 Å². The SMILES string of the molecule is [Ce+3].[Ni+2].[O-2].[O-2].[O-2].[O-2].[Sm+3]. The van der Waals surface area contributed by atoms with Crippen LogP contribution in [-0.2, 0) is 38.4 Å². The molecule has 0 saturated carbocycles. The fourth-order valence-electron chi connectivity index (χ4n) is 0. The maximum absolute atomic E-state index is 0. The minimum atomic E-state index is 0. The van der Waals surface area contributed by atoms with Gasteiger partial charge in [0.05, 0.1) is 0 Å². The molecule has 0 N–H and O–H groups in total. The fourth-order valence-corrected chi connectivity index (χ4v) is 0. The summed E-state index contributed by atoms with van der Waals surface area (Å²) in [5.41, 5.74) is 0. The van der Waals surface area contributed by atoms with Crippen LogP contribution in [0.5, 0.6) is 0 Å². The van der Waals surface area contributed by atoms with Gasteiger partial charge in [0.2, 0.25) is 0 Å². The second kappa shape index (κ2) is 63.1. The van der Waals surface area contributed by atoms with E-state index >= 15 is 0 Å². The topological polar surface area (TPSA) is 114 Å². The molecule has 7 heteroatoms. The van der Waals surface area contributed by atoms with Crippen LogP contribution in [0.25, 0.3) is 0 Å². The van der Waals surface area contributed by atoms with Crippen LogP contribution in [0.15, 0.2) is 0 Å². The smallest absolute Gasteiger partial charge is 2.00 e. The summed E-state index contributed by atoms with van der Waals surface area (Å²) in [7, 11) is 0. The molecule has 0 heterocycles. The molecule has 0 unspecified atom stereocenters. The summed E-state index contributed by atoms with van der Waals surface area (Å²) >= 11 is 0. The first kappa shape index (κ1) is 88.5. The Morgan fingerprint density at radius 2 is 0.571 bits per heavy atom. The van der Waals surface area contributed by atoms with E-state index in [1.54, 1.807) is 0 Å². The Bertz CT molecular complexity index is 11.7. The summed E-state index contributed by atoms with van der Waals surface area (Å²) in [4.78, 5) is 0. The molecule has 2 radical (unpaired) electrons. The van der Waals surface area contributed by atoms with Gasteiger partial charge in [-0.15, -0.1) is 0 Å². The Kier molecular flexibility index (Phi) is 798. The van der Waals surface area contributed by atoms with Gasteiger partial charge in [-0.3, -0.25) is 0 Å². The molecule has 0 aliphatic heterocycles. The van der Waals surface area contributed by atoms with Crippen LogP contribution in [0.1, 0.15) is 0 Å². The van der Waals surface area contributed by atoms with Gasteiger partial charge < -0.3 is 21.9 Å². The van der Waals surface area contributed by atoms with Crippen LogP contribution in [0.3, 0.4) is 0 Å². The molecule has 7 heavy (non-hydrogen) atoms. The van der Waals surface area contributed by atoms with Crippen molar-refractivity contribution in [2.75, 3.05) is 0 Å². The van der Waals surface area contributed by atoms with Crippen molar-refractivity contribution in [2.24, 2.45) is 0 Å². The summed E-state index contributed by atoms with van der Waals surface area (Å²) in [6, 6.07) is 0. The van der Waals surface area contributed by atoms with Crippen LogP contribution in [0, 0.1) is 82.1 Å². The van der Waals surface area contributed by atoms with E-state index in [2.05, 4.69) is 0 Å². The molecule has 0 aromatic heterocycles. The normalized spacial score (nSPS) is 0. The van der Waals surface area contributed by atoms with Crippen molar-refractivity contribution in [3.05, 3.63) is 0 Å². The van der Waals surface area contributed by atoms with Crippen LogP contribution < -0.4 is 0 Å². The van der Waals surface area contributed by atoms with E-state index in [-0.39, 0.29) is 121 Å². The molecular formula is CeNiO4Sm. The zero-order valence-corrected chi connectivity index (χ0v) is 9.60. The summed E-state index contributed by atoms with van der Waals surface area (Å²) in [6.07, 6.45) is 0. The molecule has 0 saturated heterocycles. The second-order valence-corrected chi connectivity index (χ2v) is 0. The molecule has 0 aliphatic rings. The Labute approximate surface area is 118 Å². The summed E-state index contributed by atoms with van der Waals surface area (Å²) in [6.45, 7) is 0. The van der Waals surface area contributed by atoms with Gasteiger partial charge in [-0.2, -0.15) is 0 Å². The van der Waals surface area contributed by atoms with E-state index < -0.39 is 0 Å². The largest absolute Gasteiger partial charge is 3.00 e. The third kappa shape index (κ3) is 48.4. The quantitative estimate of drug-likeness (QED) is 0.478. The average molecular weight is 413 g/mol. The molecule has 0 fully saturated rings. The molecular weight excluding hydrogens is 413 g/mol. The van der Waals surface area contributed by atoms with Gasteiger partial charge in [0.15, 0.2) is 0 Å². The first-order valence-electron chi connectivity index (χ1n) is 0. The third-order valence-corrected chi connectivity index (χ3v) is 0. The van der Waals surface area contributed by atoms with Gasteiger partial charge in [-0.25, -0.2) is 0 Å². The molecule has 0 spiro atoms. The monoisotopic (exact) mass is 414 g/mol. The Morgan fingerprint density at radius 1 is 0.571 bits per heavy atom. The number of rotatable bonds is 0. The van der Waals surface area contributed by atoms with Crippen molar-refractivity contribution in [2.45, 2.75) is 0 Å². The molecule has 0 aromatic carbocycles. The van der Waals surface area contributed by atoms with Gasteiger partial charge in [0.1, 0.15) is 0 Å². The van der Waals surface area contributed by atoms with E-state index in [9.17, 15) is 0 Å². The van der Waals surface area contributed by atoms with Crippen molar-refractivity contribution < 1.29 is 121 Å². The summed E-state index contributed by atoms with van der Waals surface area (Å²) in [5, 5.41) is 0. The molecule has 0 bridgehead atoms. The zero-order chi connectivity index (χ0) is 0. The molecule has 4 nitrogen and oxygen atoms in total. The predicted octanol–water partition coefficient (Wildman–Crippen LogP) is -0.478. The maximum Gasteiger partial charge on any atom is 3.00 e. The van der Waals surface area contributed by atoms with Crippen molar-refractivity contribution in [1.29, 1.82) is 0 Å². The molecule has 0 amide bonds. The van der Waals surface area contributed by atoms with Gasteiger partial charge >= 0.3 is 98.6 Å². The van der Waals surface area contributed by atoms with Crippen LogP contribution in [0.2, 0.25) is 0 Å². The van der Waals surface area contributed by atoms with Gasteiger partial charge in [-0.05, 0) is 0 Å². The Morgan fingerprint density at radius 3 is 0.571 bits per heavy atom. The van der Waals surface area contributed by atoms with E-state index in [0.717, 1.165) is 0 Å². The molecule has 0 atom stereocenters. The predicted molar refractivity (Wildman–Crippen MR) is 2.75 cm³/mol. The van der Waals surface area contributed by atoms with Crippen LogP contribution in [-0.4, -0.2) is 0 Å². The van der Waals surface area contributed by atoms with Crippen LogP contribution in [0.4, 0.5) is 0 Å². The van der Waals surface area contributed by atoms with Gasteiger partial charge in [0.25, 0.3) is 0 Å². The maximum atomic E-state index is 0. The van der Waals surface area contributed by atoms with E-state index in [0.29, 0.717) is 0 Å². The Hall–Kier alpha value is 3.05. The van der Waals surface area contributed by atoms with Crippen molar-refractivity contribution in [3.63, 3.8) is 0 Å². The first-order chi connectivity index (χ1) is 0. The molecule has 0 rings (SSSR count). The van der Waals surface area contributed by atoms with E-state index in [1.165, 1.54) is 0 Å². The number of hydrogen-bond donors (Lipinski definition) is 0. The molecule has 0 aliphatic carbocycles. The minimum absolute atomic E-state index is 0. The van der Waals surface area contributed by atoms with Crippen molar-refractivity contribution in [3.8, 4) is 0 Å². The molecule has 0 aromatic rings.